The zero-order chi connectivity index (χ0) is 13.3. The number of hydrogen-bond donors (Lipinski definition) is 1. The first-order chi connectivity index (χ1) is 8.49. The van der Waals surface area contributed by atoms with Crippen LogP contribution in [0.1, 0.15) is 27.4 Å². The number of anilines is 1. The Morgan fingerprint density at radius 2 is 1.89 bits per heavy atom. The number of amides is 1. The molecule has 94 valence electrons. The number of nitrogens with one attached hydrogen (secondary N) is 1. The molecule has 0 unspecified atom stereocenters. The lowest BCUT2D eigenvalue weighted by Gasteiger charge is -2.08. The summed E-state index contributed by atoms with van der Waals surface area (Å²) in [5.74, 6) is -0.0423. The molecule has 4 nitrogen and oxygen atoms in total. The van der Waals surface area contributed by atoms with E-state index in [1.165, 1.54) is 6.39 Å². The van der Waals surface area contributed by atoms with Gasteiger partial charge in [0.1, 0.15) is 0 Å². The minimum absolute atomic E-state index is 0.244. The lowest BCUT2D eigenvalue weighted by molar-refractivity contribution is 0.0996. The lowest BCUT2D eigenvalue weighted by Crippen LogP contribution is -2.12. The summed E-state index contributed by atoms with van der Waals surface area (Å²) in [6, 6.07) is 3.81. The van der Waals surface area contributed by atoms with Gasteiger partial charge < -0.3 is 9.73 Å². The highest BCUT2D eigenvalue weighted by atomic mass is 79.9. The molecule has 1 aromatic heterocycles. The van der Waals surface area contributed by atoms with Crippen molar-refractivity contribution in [3.05, 3.63) is 45.6 Å². The minimum Gasteiger partial charge on any atom is -0.438 e. The Morgan fingerprint density at radius 3 is 2.39 bits per heavy atom. The van der Waals surface area contributed by atoms with Crippen LogP contribution in [-0.2, 0) is 0 Å². The molecule has 0 aliphatic carbocycles. The molecule has 18 heavy (non-hydrogen) atoms. The number of aryl methyl sites for hydroxylation is 3. The summed E-state index contributed by atoms with van der Waals surface area (Å²) in [7, 11) is 0. The van der Waals surface area contributed by atoms with Crippen LogP contribution in [0.4, 0.5) is 5.69 Å². The third-order valence-electron chi connectivity index (χ3n) is 2.65. The molecule has 0 radical (unpaired) electrons. The third-order valence-corrected chi connectivity index (χ3v) is 3.90. The van der Waals surface area contributed by atoms with Crippen molar-refractivity contribution in [2.45, 2.75) is 20.8 Å². The normalized spacial score (nSPS) is 10.4. The minimum atomic E-state index is -0.286. The highest BCUT2D eigenvalue weighted by Crippen LogP contribution is 2.25. The van der Waals surface area contributed by atoms with Crippen LogP contribution in [-0.4, -0.2) is 10.9 Å². The molecule has 0 saturated carbocycles. The summed E-state index contributed by atoms with van der Waals surface area (Å²) >= 11 is 3.49. The van der Waals surface area contributed by atoms with Crippen LogP contribution in [0.2, 0.25) is 0 Å². The van der Waals surface area contributed by atoms with Gasteiger partial charge >= 0.3 is 0 Å². The quantitative estimate of drug-likeness (QED) is 0.922. The van der Waals surface area contributed by atoms with Gasteiger partial charge in [0.05, 0.1) is 5.69 Å². The summed E-state index contributed by atoms with van der Waals surface area (Å²) < 4.78 is 6.10. The molecule has 0 aliphatic rings. The van der Waals surface area contributed by atoms with Crippen LogP contribution in [0, 0.1) is 20.8 Å². The lowest BCUT2D eigenvalue weighted by atomic mass is 10.1. The molecule has 5 heteroatoms. The molecule has 1 amide bonds. The number of halogens is 1. The van der Waals surface area contributed by atoms with Crippen LogP contribution < -0.4 is 5.32 Å². The van der Waals surface area contributed by atoms with Gasteiger partial charge in [0.25, 0.3) is 5.91 Å². The zero-order valence-electron chi connectivity index (χ0n) is 10.4. The largest absolute Gasteiger partial charge is 0.438 e. The van der Waals surface area contributed by atoms with Crippen LogP contribution >= 0.6 is 15.9 Å². The number of carbonyl (C=O) groups excluding carboxylic acids is 1. The Kier molecular flexibility index (Phi) is 3.52. The van der Waals surface area contributed by atoms with Gasteiger partial charge in [-0.25, -0.2) is 4.98 Å². The fraction of sp³-hybridized carbons (Fsp3) is 0.231. The summed E-state index contributed by atoms with van der Waals surface area (Å²) in [6.07, 6.45) is 1.27. The first-order valence-corrected chi connectivity index (χ1v) is 6.26. The monoisotopic (exact) mass is 308 g/mol. The molecule has 0 spiro atoms. The maximum Gasteiger partial charge on any atom is 0.293 e. The summed E-state index contributed by atoms with van der Waals surface area (Å²) in [5, 5.41) is 2.80. The predicted molar refractivity (Wildman–Crippen MR) is 72.8 cm³/mol. The first kappa shape index (κ1) is 12.8. The highest BCUT2D eigenvalue weighted by molar-refractivity contribution is 9.10. The molecule has 0 saturated heterocycles. The number of benzene rings is 1. The highest BCUT2D eigenvalue weighted by Gasteiger charge is 2.14. The number of oxazole rings is 1. The summed E-state index contributed by atoms with van der Waals surface area (Å²) in [5.41, 5.74) is 3.46. The van der Waals surface area contributed by atoms with E-state index in [1.54, 1.807) is 6.92 Å². The summed E-state index contributed by atoms with van der Waals surface area (Å²) in [6.45, 7) is 5.69. The third kappa shape index (κ3) is 2.46. The first-order valence-electron chi connectivity index (χ1n) is 5.47. The van der Waals surface area contributed by atoms with Gasteiger partial charge in [-0.1, -0.05) is 15.9 Å². The fourth-order valence-corrected chi connectivity index (χ4v) is 1.95. The number of nitrogens with zero attached hydrogens (tertiary/aromatic N) is 1. The van der Waals surface area contributed by atoms with E-state index in [1.807, 2.05) is 26.0 Å². The molecule has 1 N–H and O–H groups in total. The number of carbonyl (C=O) groups is 1. The molecule has 0 bridgehead atoms. The molecule has 0 atom stereocenters. The van der Waals surface area contributed by atoms with E-state index in [9.17, 15) is 4.79 Å². The predicted octanol–water partition coefficient (Wildman–Crippen LogP) is 3.61. The Bertz CT molecular complexity index is 582. The van der Waals surface area contributed by atoms with E-state index in [0.717, 1.165) is 21.3 Å². The molecule has 2 rings (SSSR count). The van der Waals surface area contributed by atoms with E-state index in [-0.39, 0.29) is 11.7 Å². The SMILES string of the molecule is Cc1cc(NC(=O)c2ocnc2C)cc(C)c1Br. The van der Waals surface area contributed by atoms with E-state index in [0.29, 0.717) is 5.69 Å². The van der Waals surface area contributed by atoms with E-state index >= 15 is 0 Å². The molecule has 1 heterocycles. The Morgan fingerprint density at radius 1 is 1.28 bits per heavy atom. The standard InChI is InChI=1S/C13H13BrN2O2/c1-7-4-10(5-8(2)11(7)14)16-13(17)12-9(3)15-6-18-12/h4-6H,1-3H3,(H,16,17). The van der Waals surface area contributed by atoms with Crippen molar-refractivity contribution in [2.24, 2.45) is 0 Å². The Hall–Kier alpha value is -1.62. The van der Waals surface area contributed by atoms with Crippen molar-refractivity contribution in [3.63, 3.8) is 0 Å². The molecule has 0 aliphatic heterocycles. The van der Waals surface area contributed by atoms with Crippen molar-refractivity contribution < 1.29 is 9.21 Å². The van der Waals surface area contributed by atoms with Gasteiger partial charge in [0.2, 0.25) is 5.76 Å². The number of hydrogen-bond acceptors (Lipinski definition) is 3. The van der Waals surface area contributed by atoms with E-state index in [2.05, 4.69) is 26.2 Å². The number of rotatable bonds is 2. The number of aromatic nitrogens is 1. The Labute approximate surface area is 114 Å². The second-order valence-corrected chi connectivity index (χ2v) is 4.94. The van der Waals surface area contributed by atoms with Crippen molar-refractivity contribution in [1.29, 1.82) is 0 Å². The van der Waals surface area contributed by atoms with Gasteiger partial charge in [-0.3, -0.25) is 4.79 Å². The molecule has 0 fully saturated rings. The van der Waals surface area contributed by atoms with Gasteiger partial charge in [-0.05, 0) is 44.0 Å². The van der Waals surface area contributed by atoms with Crippen molar-refractivity contribution in [3.8, 4) is 0 Å². The van der Waals surface area contributed by atoms with Crippen LogP contribution in [0.25, 0.3) is 0 Å². The molecular formula is C13H13BrN2O2. The smallest absolute Gasteiger partial charge is 0.293 e. The Balaban J connectivity index is 2.25. The van der Waals surface area contributed by atoms with Crippen molar-refractivity contribution in [1.82, 2.24) is 4.98 Å². The average Bonchev–Trinajstić information content (AvgIpc) is 2.72. The zero-order valence-corrected chi connectivity index (χ0v) is 12.0. The molecular weight excluding hydrogens is 296 g/mol. The van der Waals surface area contributed by atoms with Gasteiger partial charge in [-0.15, -0.1) is 0 Å². The van der Waals surface area contributed by atoms with Gasteiger partial charge in [0.15, 0.2) is 6.39 Å². The maximum absolute atomic E-state index is 11.9. The van der Waals surface area contributed by atoms with Crippen molar-refractivity contribution >= 4 is 27.5 Å². The van der Waals surface area contributed by atoms with Gasteiger partial charge in [-0.2, -0.15) is 0 Å². The topological polar surface area (TPSA) is 55.1 Å². The van der Waals surface area contributed by atoms with E-state index in [4.69, 9.17) is 4.42 Å². The van der Waals surface area contributed by atoms with Crippen LogP contribution in [0.3, 0.4) is 0 Å². The fourth-order valence-electron chi connectivity index (χ4n) is 1.73. The van der Waals surface area contributed by atoms with Gasteiger partial charge in [0, 0.05) is 10.2 Å². The second kappa shape index (κ2) is 4.94. The van der Waals surface area contributed by atoms with Crippen LogP contribution in [0.5, 0.6) is 0 Å². The van der Waals surface area contributed by atoms with Crippen molar-refractivity contribution in [2.75, 3.05) is 5.32 Å². The second-order valence-electron chi connectivity index (χ2n) is 4.15. The average molecular weight is 309 g/mol. The van der Waals surface area contributed by atoms with E-state index < -0.39 is 0 Å². The molecule has 1 aromatic carbocycles. The van der Waals surface area contributed by atoms with Crippen LogP contribution in [0.15, 0.2) is 27.4 Å². The molecule has 2 aromatic rings. The maximum atomic E-state index is 11.9. The summed E-state index contributed by atoms with van der Waals surface area (Å²) in [4.78, 5) is 15.8.